The van der Waals surface area contributed by atoms with E-state index >= 15 is 0 Å². The van der Waals surface area contributed by atoms with Gasteiger partial charge in [0.15, 0.2) is 0 Å². The van der Waals surface area contributed by atoms with E-state index < -0.39 is 6.10 Å². The summed E-state index contributed by atoms with van der Waals surface area (Å²) in [7, 11) is 0. The second-order valence-corrected chi connectivity index (χ2v) is 9.27. The Morgan fingerprint density at radius 3 is 2.42 bits per heavy atom. The minimum atomic E-state index is -0.421. The number of ether oxygens (including phenoxy) is 2. The summed E-state index contributed by atoms with van der Waals surface area (Å²) in [6.45, 7) is 13.5. The number of esters is 1. The van der Waals surface area contributed by atoms with Crippen molar-refractivity contribution in [3.63, 3.8) is 0 Å². The number of aryl methyl sites for hydroxylation is 1. The number of hydrogen-bond acceptors (Lipinski definition) is 4. The monoisotopic (exact) mass is 422 g/mol. The fourth-order valence-corrected chi connectivity index (χ4v) is 3.70. The molecule has 0 aliphatic carbocycles. The van der Waals surface area contributed by atoms with E-state index in [4.69, 9.17) is 9.47 Å². The van der Waals surface area contributed by atoms with Gasteiger partial charge in [0, 0.05) is 29.2 Å². The SMILES string of the molecule is Cc1cc2c(OCC(CNC(C)(C)C)OC(=O)c3ccccc3)cccc2n1C(C)C. The first kappa shape index (κ1) is 22.9. The maximum Gasteiger partial charge on any atom is 0.338 e. The second-order valence-electron chi connectivity index (χ2n) is 9.27. The van der Waals surface area contributed by atoms with Crippen LogP contribution in [0.2, 0.25) is 0 Å². The zero-order chi connectivity index (χ0) is 22.6. The Labute approximate surface area is 185 Å². The first-order chi connectivity index (χ1) is 14.7. The van der Waals surface area contributed by atoms with Crippen molar-refractivity contribution >= 4 is 16.9 Å². The third-order valence-electron chi connectivity index (χ3n) is 5.12. The van der Waals surface area contributed by atoms with Gasteiger partial charge in [-0.1, -0.05) is 24.3 Å². The van der Waals surface area contributed by atoms with E-state index in [2.05, 4.69) is 63.6 Å². The van der Waals surface area contributed by atoms with Crippen molar-refractivity contribution in [2.75, 3.05) is 13.2 Å². The van der Waals surface area contributed by atoms with Crippen molar-refractivity contribution in [3.05, 3.63) is 65.9 Å². The molecule has 2 aromatic carbocycles. The molecule has 0 radical (unpaired) electrons. The maximum absolute atomic E-state index is 12.6. The zero-order valence-electron chi connectivity index (χ0n) is 19.4. The van der Waals surface area contributed by atoms with Crippen LogP contribution in [-0.2, 0) is 4.74 Å². The summed E-state index contributed by atoms with van der Waals surface area (Å²) in [4.78, 5) is 12.6. The lowest BCUT2D eigenvalue weighted by molar-refractivity contribution is 0.0163. The van der Waals surface area contributed by atoms with Gasteiger partial charge >= 0.3 is 5.97 Å². The predicted octanol–water partition coefficient (Wildman–Crippen LogP) is 5.52. The molecule has 5 nitrogen and oxygen atoms in total. The summed E-state index contributed by atoms with van der Waals surface area (Å²) < 4.78 is 14.3. The molecule has 166 valence electrons. The van der Waals surface area contributed by atoms with Crippen LogP contribution in [0.25, 0.3) is 10.9 Å². The Hall–Kier alpha value is -2.79. The second kappa shape index (κ2) is 9.56. The number of carbonyl (C=O) groups is 1. The van der Waals surface area contributed by atoms with Crippen LogP contribution >= 0.6 is 0 Å². The molecular weight excluding hydrogens is 388 g/mol. The standard InChI is InChI=1S/C26H34N2O3/c1-18(2)28-19(3)15-22-23(28)13-10-14-24(22)30-17-21(16-27-26(4,5)6)31-25(29)20-11-8-7-9-12-20/h7-15,18,21,27H,16-17H2,1-6H3. The van der Waals surface area contributed by atoms with Crippen molar-refractivity contribution in [2.24, 2.45) is 0 Å². The quantitative estimate of drug-likeness (QED) is 0.486. The Morgan fingerprint density at radius 1 is 1.06 bits per heavy atom. The number of carbonyl (C=O) groups excluding carboxylic acids is 1. The average Bonchev–Trinajstić information content (AvgIpc) is 3.06. The van der Waals surface area contributed by atoms with E-state index in [9.17, 15) is 4.79 Å². The number of benzene rings is 2. The molecule has 0 saturated carbocycles. The molecule has 1 atom stereocenters. The molecule has 0 aliphatic heterocycles. The number of aromatic nitrogens is 1. The molecule has 31 heavy (non-hydrogen) atoms. The van der Waals surface area contributed by atoms with Crippen molar-refractivity contribution in [1.29, 1.82) is 0 Å². The summed E-state index contributed by atoms with van der Waals surface area (Å²) in [6.07, 6.45) is -0.421. The van der Waals surface area contributed by atoms with E-state index in [0.717, 1.165) is 16.7 Å². The molecule has 1 aromatic heterocycles. The zero-order valence-corrected chi connectivity index (χ0v) is 19.4. The molecule has 0 saturated heterocycles. The topological polar surface area (TPSA) is 52.5 Å². The van der Waals surface area contributed by atoms with Gasteiger partial charge in [-0.25, -0.2) is 4.79 Å². The molecule has 1 N–H and O–H groups in total. The van der Waals surface area contributed by atoms with Crippen LogP contribution in [-0.4, -0.2) is 35.3 Å². The van der Waals surface area contributed by atoms with Crippen LogP contribution in [0.5, 0.6) is 5.75 Å². The highest BCUT2D eigenvalue weighted by atomic mass is 16.6. The minimum Gasteiger partial charge on any atom is -0.489 e. The highest BCUT2D eigenvalue weighted by Crippen LogP contribution is 2.31. The number of nitrogens with one attached hydrogen (secondary N) is 1. The highest BCUT2D eigenvalue weighted by molar-refractivity contribution is 5.89. The number of fused-ring (bicyclic) bond motifs is 1. The van der Waals surface area contributed by atoms with Crippen LogP contribution in [0.15, 0.2) is 54.6 Å². The molecule has 1 heterocycles. The molecule has 0 fully saturated rings. The van der Waals surface area contributed by atoms with Crippen LogP contribution in [0.3, 0.4) is 0 Å². The first-order valence-electron chi connectivity index (χ1n) is 10.9. The number of nitrogens with zero attached hydrogens (tertiary/aromatic N) is 1. The van der Waals surface area contributed by atoms with Gasteiger partial charge in [0.2, 0.25) is 0 Å². The van der Waals surface area contributed by atoms with Gasteiger partial charge in [-0.05, 0) is 71.9 Å². The fourth-order valence-electron chi connectivity index (χ4n) is 3.70. The van der Waals surface area contributed by atoms with Gasteiger partial charge in [0.1, 0.15) is 18.5 Å². The molecular formula is C26H34N2O3. The highest BCUT2D eigenvalue weighted by Gasteiger charge is 2.21. The molecule has 1 unspecified atom stereocenters. The molecule has 3 rings (SSSR count). The molecule has 5 heteroatoms. The first-order valence-corrected chi connectivity index (χ1v) is 10.9. The molecule has 0 amide bonds. The summed E-state index contributed by atoms with van der Waals surface area (Å²) in [5.41, 5.74) is 2.79. The maximum atomic E-state index is 12.6. The van der Waals surface area contributed by atoms with Gasteiger partial charge in [0.05, 0.1) is 11.1 Å². The van der Waals surface area contributed by atoms with Gasteiger partial charge in [-0.3, -0.25) is 0 Å². The normalized spacial score (nSPS) is 12.9. The van der Waals surface area contributed by atoms with Crippen LogP contribution in [0, 0.1) is 6.92 Å². The molecule has 0 spiro atoms. The lowest BCUT2D eigenvalue weighted by Gasteiger charge is -2.25. The van der Waals surface area contributed by atoms with Gasteiger partial charge in [0.25, 0.3) is 0 Å². The lowest BCUT2D eigenvalue weighted by Crippen LogP contribution is -2.44. The van der Waals surface area contributed by atoms with Gasteiger partial charge in [-0.2, -0.15) is 0 Å². The van der Waals surface area contributed by atoms with Crippen LogP contribution < -0.4 is 10.1 Å². The summed E-state index contributed by atoms with van der Waals surface area (Å²) >= 11 is 0. The Bertz CT molecular complexity index is 1020. The molecule has 3 aromatic rings. The summed E-state index contributed by atoms with van der Waals surface area (Å²) in [6, 6.07) is 17.7. The Morgan fingerprint density at radius 2 is 1.77 bits per heavy atom. The summed E-state index contributed by atoms with van der Waals surface area (Å²) in [5.74, 6) is 0.460. The lowest BCUT2D eigenvalue weighted by atomic mass is 10.1. The third kappa shape index (κ3) is 5.88. The van der Waals surface area contributed by atoms with Gasteiger partial charge in [-0.15, -0.1) is 0 Å². The van der Waals surface area contributed by atoms with E-state index in [1.54, 1.807) is 12.1 Å². The minimum absolute atomic E-state index is 0.0942. The van der Waals surface area contributed by atoms with Crippen LogP contribution in [0.1, 0.15) is 56.7 Å². The van der Waals surface area contributed by atoms with E-state index in [0.29, 0.717) is 18.2 Å². The van der Waals surface area contributed by atoms with E-state index in [-0.39, 0.29) is 18.1 Å². The smallest absolute Gasteiger partial charge is 0.338 e. The van der Waals surface area contributed by atoms with E-state index in [1.165, 1.54) is 5.69 Å². The molecule has 0 bridgehead atoms. The molecule has 0 aliphatic rings. The number of hydrogen-bond donors (Lipinski definition) is 1. The van der Waals surface area contributed by atoms with Crippen LogP contribution in [0.4, 0.5) is 0 Å². The van der Waals surface area contributed by atoms with Crippen molar-refractivity contribution in [1.82, 2.24) is 9.88 Å². The van der Waals surface area contributed by atoms with Crippen molar-refractivity contribution in [2.45, 2.75) is 59.2 Å². The fraction of sp³-hybridized carbons (Fsp3) is 0.423. The average molecular weight is 423 g/mol. The van der Waals surface area contributed by atoms with E-state index in [1.807, 2.05) is 30.3 Å². The van der Waals surface area contributed by atoms with Crippen molar-refractivity contribution in [3.8, 4) is 5.75 Å². The van der Waals surface area contributed by atoms with Crippen molar-refractivity contribution < 1.29 is 14.3 Å². The largest absolute Gasteiger partial charge is 0.489 e. The third-order valence-corrected chi connectivity index (χ3v) is 5.12. The van der Waals surface area contributed by atoms with Gasteiger partial charge < -0.3 is 19.4 Å². The number of rotatable bonds is 8. The Balaban J connectivity index is 1.78. The Kier molecular flexibility index (Phi) is 7.06. The summed E-state index contributed by atoms with van der Waals surface area (Å²) in [5, 5.41) is 4.49. The predicted molar refractivity (Wildman–Crippen MR) is 126 cm³/mol.